The van der Waals surface area contributed by atoms with Gasteiger partial charge in [-0.1, -0.05) is 41.4 Å². The van der Waals surface area contributed by atoms with E-state index in [1.54, 1.807) is 6.07 Å². The standard InChI is InChI=1S/C19H28Cl2NO.ClH/c1-13(2)14-8-9-19(3,23)18(10-14)22(4,5)12-15-6-7-16(20)11-17(15)21;/h6-7,11,14,18,23H,1,8-10,12H2,2-5H3;1H/q+1;/p-1. The van der Waals surface area contributed by atoms with Crippen molar-refractivity contribution in [2.75, 3.05) is 14.1 Å². The number of nitrogens with zero attached hydrogens (tertiary/aromatic N) is 1. The van der Waals surface area contributed by atoms with Crippen molar-refractivity contribution < 1.29 is 22.0 Å². The molecule has 0 aromatic heterocycles. The van der Waals surface area contributed by atoms with Gasteiger partial charge in [0.2, 0.25) is 0 Å². The lowest BCUT2D eigenvalue weighted by atomic mass is 9.72. The summed E-state index contributed by atoms with van der Waals surface area (Å²) in [6.07, 6.45) is 2.78. The molecule has 1 N–H and O–H groups in total. The molecule has 24 heavy (non-hydrogen) atoms. The lowest BCUT2D eigenvalue weighted by Gasteiger charge is -2.49. The van der Waals surface area contributed by atoms with E-state index in [2.05, 4.69) is 27.6 Å². The number of rotatable bonds is 4. The van der Waals surface area contributed by atoms with E-state index < -0.39 is 5.60 Å². The zero-order chi connectivity index (χ0) is 17.4. The van der Waals surface area contributed by atoms with Crippen molar-refractivity contribution in [3.63, 3.8) is 0 Å². The normalized spacial score (nSPS) is 27.5. The molecular formula is C19H28Cl3NO. The Labute approximate surface area is 162 Å². The summed E-state index contributed by atoms with van der Waals surface area (Å²) >= 11 is 12.4. The van der Waals surface area contributed by atoms with Crippen molar-refractivity contribution in [1.29, 1.82) is 0 Å². The molecule has 0 amide bonds. The second-order valence-electron chi connectivity index (χ2n) is 7.86. The molecule has 1 fully saturated rings. The molecular weight excluding hydrogens is 365 g/mol. The van der Waals surface area contributed by atoms with Crippen LogP contribution >= 0.6 is 23.2 Å². The SMILES string of the molecule is C=C(C)C1CCC(C)(O)C([N+](C)(C)Cc2ccc(Cl)cc2Cl)C1.[Cl-]. The summed E-state index contributed by atoms with van der Waals surface area (Å²) < 4.78 is 0.693. The number of allylic oxidation sites excluding steroid dienone is 1. The van der Waals surface area contributed by atoms with Crippen molar-refractivity contribution in [3.8, 4) is 0 Å². The van der Waals surface area contributed by atoms with E-state index in [-0.39, 0.29) is 18.4 Å². The quantitative estimate of drug-likeness (QED) is 0.614. The molecule has 0 radical (unpaired) electrons. The molecule has 3 unspecified atom stereocenters. The fourth-order valence-electron chi connectivity index (χ4n) is 3.96. The third-order valence-corrected chi connectivity index (χ3v) is 5.95. The maximum atomic E-state index is 11.0. The first-order valence-corrected chi connectivity index (χ1v) is 8.93. The Kier molecular flexibility index (Phi) is 7.24. The van der Waals surface area contributed by atoms with Crippen LogP contribution in [0, 0.1) is 5.92 Å². The van der Waals surface area contributed by atoms with E-state index in [9.17, 15) is 5.11 Å². The van der Waals surface area contributed by atoms with Crippen LogP contribution in [-0.2, 0) is 6.54 Å². The summed E-state index contributed by atoms with van der Waals surface area (Å²) in [5.41, 5.74) is 1.61. The molecule has 136 valence electrons. The number of likely N-dealkylation sites (N-methyl/N-ethyl adjacent to an activating group) is 1. The largest absolute Gasteiger partial charge is 1.00 e. The predicted octanol–water partition coefficient (Wildman–Crippen LogP) is 2.07. The van der Waals surface area contributed by atoms with Crippen LogP contribution in [0.3, 0.4) is 0 Å². The van der Waals surface area contributed by atoms with Gasteiger partial charge in [0, 0.05) is 17.0 Å². The van der Waals surface area contributed by atoms with Gasteiger partial charge in [-0.15, -0.1) is 0 Å². The fourth-order valence-corrected chi connectivity index (χ4v) is 4.43. The van der Waals surface area contributed by atoms with Crippen molar-refractivity contribution in [2.24, 2.45) is 5.92 Å². The third-order valence-electron chi connectivity index (χ3n) is 5.36. The molecule has 1 aromatic carbocycles. The van der Waals surface area contributed by atoms with E-state index in [1.165, 1.54) is 5.57 Å². The van der Waals surface area contributed by atoms with Gasteiger partial charge in [0.05, 0.1) is 19.1 Å². The maximum Gasteiger partial charge on any atom is 0.118 e. The highest BCUT2D eigenvalue weighted by molar-refractivity contribution is 6.35. The molecule has 0 heterocycles. The van der Waals surface area contributed by atoms with Gasteiger partial charge in [-0.25, -0.2) is 0 Å². The minimum Gasteiger partial charge on any atom is -1.00 e. The van der Waals surface area contributed by atoms with Crippen LogP contribution in [0.25, 0.3) is 0 Å². The Morgan fingerprint density at radius 3 is 2.54 bits per heavy atom. The Morgan fingerprint density at radius 1 is 1.38 bits per heavy atom. The van der Waals surface area contributed by atoms with Crippen LogP contribution < -0.4 is 12.4 Å². The minimum absolute atomic E-state index is 0. The van der Waals surface area contributed by atoms with Gasteiger partial charge in [0.1, 0.15) is 18.2 Å². The smallest absolute Gasteiger partial charge is 0.118 e. The summed E-state index contributed by atoms with van der Waals surface area (Å²) in [6.45, 7) is 8.95. The second kappa shape index (κ2) is 7.97. The van der Waals surface area contributed by atoms with E-state index in [0.717, 1.165) is 31.4 Å². The number of quaternary nitrogens is 1. The first-order valence-electron chi connectivity index (χ1n) is 8.17. The highest BCUT2D eigenvalue weighted by Gasteiger charge is 2.47. The lowest BCUT2D eigenvalue weighted by molar-refractivity contribution is -0.936. The number of halogens is 3. The van der Waals surface area contributed by atoms with Crippen molar-refractivity contribution in [2.45, 2.75) is 51.3 Å². The molecule has 0 bridgehead atoms. The Bertz CT molecular complexity index is 598. The average molecular weight is 393 g/mol. The molecule has 1 saturated carbocycles. The van der Waals surface area contributed by atoms with E-state index in [0.29, 0.717) is 20.4 Å². The van der Waals surface area contributed by atoms with Gasteiger partial charge in [0.25, 0.3) is 0 Å². The van der Waals surface area contributed by atoms with E-state index >= 15 is 0 Å². The molecule has 1 aromatic rings. The molecule has 0 spiro atoms. The topological polar surface area (TPSA) is 20.2 Å². The van der Waals surface area contributed by atoms with Crippen molar-refractivity contribution in [3.05, 3.63) is 46.0 Å². The van der Waals surface area contributed by atoms with Crippen LogP contribution in [0.1, 0.15) is 38.7 Å². The van der Waals surface area contributed by atoms with E-state index in [4.69, 9.17) is 23.2 Å². The average Bonchev–Trinajstić information content (AvgIpc) is 2.41. The van der Waals surface area contributed by atoms with Crippen LogP contribution in [-0.4, -0.2) is 35.3 Å². The molecule has 1 aliphatic carbocycles. The van der Waals surface area contributed by atoms with Crippen LogP contribution in [0.2, 0.25) is 10.0 Å². The Hall–Kier alpha value is -0.250. The molecule has 2 nitrogen and oxygen atoms in total. The number of hydrogen-bond acceptors (Lipinski definition) is 1. The van der Waals surface area contributed by atoms with Crippen molar-refractivity contribution >= 4 is 23.2 Å². The highest BCUT2D eigenvalue weighted by Crippen LogP contribution is 2.40. The molecule has 3 atom stereocenters. The Balaban J connectivity index is 0.00000288. The first-order chi connectivity index (χ1) is 10.5. The Morgan fingerprint density at radius 2 is 2.00 bits per heavy atom. The molecule has 0 saturated heterocycles. The minimum atomic E-state index is -0.672. The summed E-state index contributed by atoms with van der Waals surface area (Å²) in [7, 11) is 4.34. The third kappa shape index (κ3) is 4.89. The highest BCUT2D eigenvalue weighted by atomic mass is 35.5. The van der Waals surface area contributed by atoms with Gasteiger partial charge in [-0.2, -0.15) is 0 Å². The van der Waals surface area contributed by atoms with Gasteiger partial charge >= 0.3 is 0 Å². The number of hydrogen-bond donors (Lipinski definition) is 1. The fraction of sp³-hybridized carbons (Fsp3) is 0.579. The molecule has 2 rings (SSSR count). The maximum absolute atomic E-state index is 11.0. The van der Waals surface area contributed by atoms with Gasteiger partial charge < -0.3 is 22.0 Å². The summed E-state index contributed by atoms with van der Waals surface area (Å²) in [5, 5.41) is 12.3. The van der Waals surface area contributed by atoms with E-state index in [1.807, 2.05) is 19.1 Å². The first kappa shape index (κ1) is 21.8. The summed E-state index contributed by atoms with van der Waals surface area (Å²) in [4.78, 5) is 0. The van der Waals surface area contributed by atoms with Crippen LogP contribution in [0.4, 0.5) is 0 Å². The molecule has 0 aliphatic heterocycles. The van der Waals surface area contributed by atoms with Gasteiger partial charge in [0.15, 0.2) is 0 Å². The monoisotopic (exact) mass is 391 g/mol. The second-order valence-corrected chi connectivity index (χ2v) is 8.71. The molecule has 1 aliphatic rings. The van der Waals surface area contributed by atoms with Gasteiger partial charge in [-0.3, -0.25) is 0 Å². The molecule has 5 heteroatoms. The number of aliphatic hydroxyl groups is 1. The van der Waals surface area contributed by atoms with Crippen LogP contribution in [0.5, 0.6) is 0 Å². The van der Waals surface area contributed by atoms with Crippen molar-refractivity contribution in [1.82, 2.24) is 0 Å². The summed E-state index contributed by atoms with van der Waals surface area (Å²) in [6, 6.07) is 5.79. The zero-order valence-corrected chi connectivity index (χ0v) is 17.2. The predicted molar refractivity (Wildman–Crippen MR) is 98.8 cm³/mol. The summed E-state index contributed by atoms with van der Waals surface area (Å²) in [5.74, 6) is 0.485. The zero-order valence-electron chi connectivity index (χ0n) is 15.0. The van der Waals surface area contributed by atoms with Gasteiger partial charge in [-0.05, 0) is 44.7 Å². The number of benzene rings is 1. The lowest BCUT2D eigenvalue weighted by Crippen LogP contribution is -3.00. The van der Waals surface area contributed by atoms with Crippen LogP contribution in [0.15, 0.2) is 30.4 Å².